The molecule has 1 saturated heterocycles. The highest BCUT2D eigenvalue weighted by atomic mass is 16.1. The van der Waals surface area contributed by atoms with Gasteiger partial charge in [-0.15, -0.1) is 26.8 Å². The van der Waals surface area contributed by atoms with Gasteiger partial charge < -0.3 is 20.9 Å². The average molecular weight is 376 g/mol. The van der Waals surface area contributed by atoms with Crippen LogP contribution in [0.1, 0.15) is 29.5 Å². The standard InChI is InChI=1S/C19H20N8O/c1-3-12-4-5-15(24-23-12)27-9-7-14(11(2)10-27)22-16-13-6-8-21-19(13)26-25-17(16)18(20)28/h1,4-6,8,11,14H,7,9-10H2,2H3,(H2,20,28)(H2,21,22,26)/t11-,14+/m1/s1. The van der Waals surface area contributed by atoms with E-state index in [-0.39, 0.29) is 17.7 Å². The maximum Gasteiger partial charge on any atom is 0.271 e. The second kappa shape index (κ2) is 7.15. The summed E-state index contributed by atoms with van der Waals surface area (Å²) in [5.41, 5.74) is 7.42. The number of nitrogens with one attached hydrogen (secondary N) is 2. The van der Waals surface area contributed by atoms with Gasteiger partial charge in [-0.3, -0.25) is 4.79 Å². The van der Waals surface area contributed by atoms with Gasteiger partial charge in [0.15, 0.2) is 17.2 Å². The number of hydrogen-bond acceptors (Lipinski definition) is 7. The van der Waals surface area contributed by atoms with Crippen LogP contribution < -0.4 is 16.0 Å². The van der Waals surface area contributed by atoms with Gasteiger partial charge in [0.25, 0.3) is 5.91 Å². The summed E-state index contributed by atoms with van der Waals surface area (Å²) in [5.74, 6) is 2.96. The van der Waals surface area contributed by atoms with Crippen LogP contribution in [0, 0.1) is 18.3 Å². The lowest BCUT2D eigenvalue weighted by atomic mass is 9.93. The fourth-order valence-electron chi connectivity index (χ4n) is 3.57. The molecule has 0 bridgehead atoms. The zero-order chi connectivity index (χ0) is 19.7. The van der Waals surface area contributed by atoms with Crippen molar-refractivity contribution in [3.63, 3.8) is 0 Å². The van der Waals surface area contributed by atoms with Gasteiger partial charge in [-0.1, -0.05) is 6.92 Å². The third-order valence-corrected chi connectivity index (χ3v) is 5.07. The Hall–Kier alpha value is -3.67. The van der Waals surface area contributed by atoms with Crippen LogP contribution in [0.15, 0.2) is 24.4 Å². The number of rotatable bonds is 4. The maximum absolute atomic E-state index is 11.8. The Morgan fingerprint density at radius 2 is 2.18 bits per heavy atom. The topological polar surface area (TPSA) is 126 Å². The fourth-order valence-corrected chi connectivity index (χ4v) is 3.57. The molecule has 0 spiro atoms. The van der Waals surface area contributed by atoms with Crippen molar-refractivity contribution in [1.82, 2.24) is 25.4 Å². The number of carbonyl (C=O) groups is 1. The van der Waals surface area contributed by atoms with Crippen molar-refractivity contribution in [1.29, 1.82) is 0 Å². The quantitative estimate of drug-likeness (QED) is 0.583. The largest absolute Gasteiger partial charge is 0.379 e. The van der Waals surface area contributed by atoms with Crippen LogP contribution in [0.5, 0.6) is 0 Å². The second-order valence-corrected chi connectivity index (χ2v) is 6.91. The van der Waals surface area contributed by atoms with Gasteiger partial charge in [0.1, 0.15) is 5.69 Å². The van der Waals surface area contributed by atoms with E-state index in [1.165, 1.54) is 0 Å². The molecule has 0 saturated carbocycles. The highest BCUT2D eigenvalue weighted by Crippen LogP contribution is 2.29. The Balaban J connectivity index is 1.54. The first kappa shape index (κ1) is 17.7. The molecule has 0 aromatic carbocycles. The van der Waals surface area contributed by atoms with E-state index in [4.69, 9.17) is 12.2 Å². The number of aromatic amines is 1. The van der Waals surface area contributed by atoms with E-state index < -0.39 is 5.91 Å². The van der Waals surface area contributed by atoms with Crippen LogP contribution in [0.2, 0.25) is 0 Å². The molecular weight excluding hydrogens is 356 g/mol. The molecule has 0 unspecified atom stereocenters. The molecule has 28 heavy (non-hydrogen) atoms. The van der Waals surface area contributed by atoms with Crippen molar-refractivity contribution < 1.29 is 4.79 Å². The third kappa shape index (κ3) is 3.20. The van der Waals surface area contributed by atoms with E-state index in [1.807, 2.05) is 12.1 Å². The Labute approximate surface area is 161 Å². The lowest BCUT2D eigenvalue weighted by molar-refractivity contribution is 0.0995. The number of nitrogens with zero attached hydrogens (tertiary/aromatic N) is 5. The molecule has 0 aliphatic carbocycles. The number of H-pyrrole nitrogens is 1. The van der Waals surface area contributed by atoms with Crippen LogP contribution in [0.3, 0.4) is 0 Å². The van der Waals surface area contributed by atoms with Crippen LogP contribution in [0.4, 0.5) is 11.5 Å². The molecule has 1 fully saturated rings. The van der Waals surface area contributed by atoms with E-state index in [9.17, 15) is 4.79 Å². The molecule has 2 atom stereocenters. The van der Waals surface area contributed by atoms with Crippen LogP contribution in [-0.2, 0) is 0 Å². The first-order valence-corrected chi connectivity index (χ1v) is 9.02. The molecule has 4 rings (SSSR count). The van der Waals surface area contributed by atoms with Gasteiger partial charge in [-0.05, 0) is 36.5 Å². The fraction of sp³-hybridized carbons (Fsp3) is 0.316. The molecule has 1 aliphatic heterocycles. The van der Waals surface area contributed by atoms with Crippen molar-refractivity contribution >= 4 is 28.4 Å². The molecule has 3 aromatic heterocycles. The van der Waals surface area contributed by atoms with E-state index in [1.54, 1.807) is 12.3 Å². The number of anilines is 2. The summed E-state index contributed by atoms with van der Waals surface area (Å²) < 4.78 is 0. The lowest BCUT2D eigenvalue weighted by Crippen LogP contribution is -2.46. The summed E-state index contributed by atoms with van der Waals surface area (Å²) in [7, 11) is 0. The predicted molar refractivity (Wildman–Crippen MR) is 106 cm³/mol. The SMILES string of the molecule is C#Cc1ccc(N2CC[C@H](Nc3c(C(N)=O)nnc4[nH]ccc34)[C@H](C)C2)nn1. The number of fused-ring (bicyclic) bond motifs is 1. The number of primary amides is 1. The summed E-state index contributed by atoms with van der Waals surface area (Å²) in [6, 6.07) is 5.70. The van der Waals surface area contributed by atoms with E-state index in [0.29, 0.717) is 17.0 Å². The minimum atomic E-state index is -0.605. The Bertz CT molecular complexity index is 1050. The van der Waals surface area contributed by atoms with Crippen molar-refractivity contribution in [2.24, 2.45) is 11.7 Å². The first-order chi connectivity index (χ1) is 13.6. The van der Waals surface area contributed by atoms with Gasteiger partial charge in [0, 0.05) is 30.7 Å². The summed E-state index contributed by atoms with van der Waals surface area (Å²) >= 11 is 0. The van der Waals surface area contributed by atoms with Gasteiger partial charge in [-0.25, -0.2) is 0 Å². The van der Waals surface area contributed by atoms with E-state index in [0.717, 1.165) is 30.7 Å². The molecule has 0 radical (unpaired) electrons. The number of carbonyl (C=O) groups excluding carboxylic acids is 1. The molecule has 3 aromatic rings. The average Bonchev–Trinajstić information content (AvgIpc) is 3.18. The van der Waals surface area contributed by atoms with Crippen LogP contribution in [-0.4, -0.2) is 50.4 Å². The number of terminal acetylenes is 1. The summed E-state index contributed by atoms with van der Waals surface area (Å²) in [6.45, 7) is 3.75. The monoisotopic (exact) mass is 376 g/mol. The number of amides is 1. The van der Waals surface area contributed by atoms with Crippen LogP contribution >= 0.6 is 0 Å². The highest BCUT2D eigenvalue weighted by molar-refractivity contribution is 6.04. The molecule has 142 valence electrons. The number of piperidine rings is 1. The van der Waals surface area contributed by atoms with Gasteiger partial charge >= 0.3 is 0 Å². The van der Waals surface area contributed by atoms with Gasteiger partial charge in [0.2, 0.25) is 0 Å². The summed E-state index contributed by atoms with van der Waals surface area (Å²) in [5, 5.41) is 20.5. The summed E-state index contributed by atoms with van der Waals surface area (Å²) in [4.78, 5) is 17.0. The van der Waals surface area contributed by atoms with E-state index >= 15 is 0 Å². The molecule has 4 N–H and O–H groups in total. The first-order valence-electron chi connectivity index (χ1n) is 9.02. The zero-order valence-corrected chi connectivity index (χ0v) is 15.4. The summed E-state index contributed by atoms with van der Waals surface area (Å²) in [6.07, 6.45) is 7.96. The zero-order valence-electron chi connectivity index (χ0n) is 15.4. The highest BCUT2D eigenvalue weighted by Gasteiger charge is 2.29. The molecule has 9 heteroatoms. The Morgan fingerprint density at radius 3 is 2.86 bits per heavy atom. The third-order valence-electron chi connectivity index (χ3n) is 5.07. The van der Waals surface area contributed by atoms with E-state index in [2.05, 4.69) is 48.4 Å². The molecule has 4 heterocycles. The smallest absolute Gasteiger partial charge is 0.271 e. The van der Waals surface area contributed by atoms with Gasteiger partial charge in [0.05, 0.1) is 5.69 Å². The minimum Gasteiger partial charge on any atom is -0.379 e. The molecular formula is C19H20N8O. The predicted octanol–water partition coefficient (Wildman–Crippen LogP) is 1.15. The number of hydrogen-bond donors (Lipinski definition) is 3. The second-order valence-electron chi connectivity index (χ2n) is 6.91. The molecule has 9 nitrogen and oxygen atoms in total. The van der Waals surface area contributed by atoms with Gasteiger partial charge in [-0.2, -0.15) is 0 Å². The maximum atomic E-state index is 11.8. The van der Waals surface area contributed by atoms with Crippen molar-refractivity contribution in [2.45, 2.75) is 19.4 Å². The molecule has 1 amide bonds. The number of aromatic nitrogens is 5. The Kier molecular flexibility index (Phi) is 4.53. The minimum absolute atomic E-state index is 0.148. The van der Waals surface area contributed by atoms with Crippen molar-refractivity contribution in [2.75, 3.05) is 23.3 Å². The van der Waals surface area contributed by atoms with Crippen LogP contribution in [0.25, 0.3) is 11.0 Å². The van der Waals surface area contributed by atoms with Crippen molar-refractivity contribution in [3.05, 3.63) is 35.8 Å². The Morgan fingerprint density at radius 1 is 1.32 bits per heavy atom. The van der Waals surface area contributed by atoms with Crippen molar-refractivity contribution in [3.8, 4) is 12.3 Å². The molecule has 1 aliphatic rings. The normalized spacial score (nSPS) is 19.4. The lowest BCUT2D eigenvalue weighted by Gasteiger charge is -2.38. The number of nitrogens with two attached hydrogens (primary N) is 1.